The molecular formula is C11H7BrN2S. The van der Waals surface area contributed by atoms with Crippen LogP contribution in [-0.2, 0) is 6.42 Å². The summed E-state index contributed by atoms with van der Waals surface area (Å²) in [5.74, 6) is 0. The molecule has 0 atom stereocenters. The predicted molar refractivity (Wildman–Crippen MR) is 64.6 cm³/mol. The number of benzene rings is 1. The van der Waals surface area contributed by atoms with Crippen molar-refractivity contribution in [1.82, 2.24) is 4.98 Å². The minimum atomic E-state index is 0.388. The van der Waals surface area contributed by atoms with Gasteiger partial charge in [-0.2, -0.15) is 5.26 Å². The lowest BCUT2D eigenvalue weighted by molar-refractivity contribution is 1.19. The Morgan fingerprint density at radius 1 is 1.47 bits per heavy atom. The third kappa shape index (κ3) is 2.44. The smallest absolute Gasteiger partial charge is 0.107 e. The monoisotopic (exact) mass is 278 g/mol. The van der Waals surface area contributed by atoms with Gasteiger partial charge < -0.3 is 0 Å². The van der Waals surface area contributed by atoms with E-state index in [1.54, 1.807) is 0 Å². The number of halogens is 1. The standard InChI is InChI=1S/C11H7BrN2S/c12-9-3-1-2-8(6-9)10-7-15-11(14-10)4-5-13/h1-3,6-7H,4H2. The summed E-state index contributed by atoms with van der Waals surface area (Å²) < 4.78 is 1.04. The maximum atomic E-state index is 8.55. The summed E-state index contributed by atoms with van der Waals surface area (Å²) in [6.07, 6.45) is 0.388. The van der Waals surface area contributed by atoms with Gasteiger partial charge in [-0.1, -0.05) is 28.1 Å². The van der Waals surface area contributed by atoms with Crippen LogP contribution in [0, 0.1) is 11.3 Å². The SMILES string of the molecule is N#CCc1nc(-c2cccc(Br)c2)cs1. The first-order chi connectivity index (χ1) is 7.29. The van der Waals surface area contributed by atoms with Crippen LogP contribution in [0.1, 0.15) is 5.01 Å². The Hall–Kier alpha value is -1.18. The van der Waals surface area contributed by atoms with Crippen molar-refractivity contribution in [2.24, 2.45) is 0 Å². The Morgan fingerprint density at radius 2 is 2.33 bits per heavy atom. The van der Waals surface area contributed by atoms with E-state index in [9.17, 15) is 0 Å². The minimum Gasteiger partial charge on any atom is -0.240 e. The quantitative estimate of drug-likeness (QED) is 0.841. The molecule has 0 aliphatic carbocycles. The summed E-state index contributed by atoms with van der Waals surface area (Å²) in [5.41, 5.74) is 2.01. The van der Waals surface area contributed by atoms with Crippen molar-refractivity contribution in [2.75, 3.05) is 0 Å². The average Bonchev–Trinajstić information content (AvgIpc) is 2.67. The highest BCUT2D eigenvalue weighted by atomic mass is 79.9. The van der Waals surface area contributed by atoms with E-state index in [4.69, 9.17) is 5.26 Å². The minimum absolute atomic E-state index is 0.388. The molecule has 74 valence electrons. The molecule has 1 aromatic heterocycles. The van der Waals surface area contributed by atoms with Crippen LogP contribution in [0.4, 0.5) is 0 Å². The largest absolute Gasteiger partial charge is 0.240 e. The van der Waals surface area contributed by atoms with Crippen molar-refractivity contribution in [3.05, 3.63) is 39.1 Å². The lowest BCUT2D eigenvalue weighted by atomic mass is 10.2. The van der Waals surface area contributed by atoms with Gasteiger partial charge in [0.15, 0.2) is 0 Å². The lowest BCUT2D eigenvalue weighted by Gasteiger charge is -1.96. The first kappa shape index (κ1) is 10.3. The van der Waals surface area contributed by atoms with E-state index in [-0.39, 0.29) is 0 Å². The Labute approximate surface area is 100 Å². The topological polar surface area (TPSA) is 36.7 Å². The normalized spacial score (nSPS) is 9.87. The molecule has 2 aromatic rings. The van der Waals surface area contributed by atoms with Crippen LogP contribution < -0.4 is 0 Å². The Morgan fingerprint density at radius 3 is 3.07 bits per heavy atom. The molecular weight excluding hydrogens is 272 g/mol. The molecule has 1 heterocycles. The van der Waals surface area contributed by atoms with E-state index in [1.165, 1.54) is 11.3 Å². The molecule has 0 N–H and O–H groups in total. The van der Waals surface area contributed by atoms with E-state index < -0.39 is 0 Å². The fourth-order valence-electron chi connectivity index (χ4n) is 1.24. The Kier molecular flexibility index (Phi) is 3.14. The zero-order chi connectivity index (χ0) is 10.7. The molecule has 0 fully saturated rings. The van der Waals surface area contributed by atoms with Crippen molar-refractivity contribution >= 4 is 27.3 Å². The summed E-state index contributed by atoms with van der Waals surface area (Å²) in [7, 11) is 0. The van der Waals surface area contributed by atoms with Crippen molar-refractivity contribution in [3.63, 3.8) is 0 Å². The van der Waals surface area contributed by atoms with Crippen LogP contribution in [0.5, 0.6) is 0 Å². The average molecular weight is 279 g/mol. The molecule has 0 unspecified atom stereocenters. The summed E-state index contributed by atoms with van der Waals surface area (Å²) in [6.45, 7) is 0. The zero-order valence-electron chi connectivity index (χ0n) is 7.77. The second-order valence-electron chi connectivity index (χ2n) is 2.97. The van der Waals surface area contributed by atoms with E-state index >= 15 is 0 Å². The van der Waals surface area contributed by atoms with Crippen LogP contribution >= 0.6 is 27.3 Å². The molecule has 0 spiro atoms. The molecule has 1 aromatic carbocycles. The van der Waals surface area contributed by atoms with E-state index in [2.05, 4.69) is 27.0 Å². The van der Waals surface area contributed by atoms with Crippen LogP contribution in [0.15, 0.2) is 34.1 Å². The second-order valence-corrected chi connectivity index (χ2v) is 4.83. The number of nitrogens with zero attached hydrogens (tertiary/aromatic N) is 2. The molecule has 0 bridgehead atoms. The Balaban J connectivity index is 2.34. The van der Waals surface area contributed by atoms with Gasteiger partial charge in [-0.3, -0.25) is 0 Å². The molecule has 15 heavy (non-hydrogen) atoms. The van der Waals surface area contributed by atoms with Gasteiger partial charge in [0, 0.05) is 15.4 Å². The summed E-state index contributed by atoms with van der Waals surface area (Å²) in [5, 5.41) is 11.4. The molecule has 4 heteroatoms. The fraction of sp³-hybridized carbons (Fsp3) is 0.0909. The summed E-state index contributed by atoms with van der Waals surface area (Å²) in [4.78, 5) is 4.39. The molecule has 0 amide bonds. The number of hydrogen-bond donors (Lipinski definition) is 0. The van der Waals surface area contributed by atoms with Gasteiger partial charge in [-0.05, 0) is 12.1 Å². The first-order valence-corrected chi connectivity index (χ1v) is 6.04. The van der Waals surface area contributed by atoms with Gasteiger partial charge in [-0.25, -0.2) is 4.98 Å². The van der Waals surface area contributed by atoms with Crippen molar-refractivity contribution < 1.29 is 0 Å². The second kappa shape index (κ2) is 4.56. The van der Waals surface area contributed by atoms with Crippen molar-refractivity contribution in [2.45, 2.75) is 6.42 Å². The summed E-state index contributed by atoms with van der Waals surface area (Å²) >= 11 is 4.95. The van der Waals surface area contributed by atoms with E-state index in [0.29, 0.717) is 6.42 Å². The Bertz CT molecular complexity index is 513. The van der Waals surface area contributed by atoms with Gasteiger partial charge in [0.1, 0.15) is 5.01 Å². The van der Waals surface area contributed by atoms with Crippen LogP contribution in [0.3, 0.4) is 0 Å². The van der Waals surface area contributed by atoms with Crippen molar-refractivity contribution in [3.8, 4) is 17.3 Å². The molecule has 0 aliphatic heterocycles. The van der Waals surface area contributed by atoms with Crippen LogP contribution in [0.2, 0.25) is 0 Å². The van der Waals surface area contributed by atoms with E-state index in [0.717, 1.165) is 20.7 Å². The van der Waals surface area contributed by atoms with Gasteiger partial charge >= 0.3 is 0 Å². The summed E-state index contributed by atoms with van der Waals surface area (Å²) in [6, 6.07) is 10.1. The van der Waals surface area contributed by atoms with Crippen molar-refractivity contribution in [1.29, 1.82) is 5.26 Å². The molecule has 0 aliphatic rings. The van der Waals surface area contributed by atoms with Gasteiger partial charge in [0.25, 0.3) is 0 Å². The van der Waals surface area contributed by atoms with Gasteiger partial charge in [0.2, 0.25) is 0 Å². The maximum absolute atomic E-state index is 8.55. The third-order valence-corrected chi connectivity index (χ3v) is 3.24. The van der Waals surface area contributed by atoms with Gasteiger partial charge in [-0.15, -0.1) is 11.3 Å². The molecule has 0 saturated carbocycles. The molecule has 2 rings (SSSR count). The third-order valence-electron chi connectivity index (χ3n) is 1.90. The maximum Gasteiger partial charge on any atom is 0.107 e. The number of hydrogen-bond acceptors (Lipinski definition) is 3. The fourth-order valence-corrected chi connectivity index (χ4v) is 2.37. The predicted octanol–water partition coefficient (Wildman–Crippen LogP) is 3.64. The molecule has 0 radical (unpaired) electrons. The zero-order valence-corrected chi connectivity index (χ0v) is 10.2. The van der Waals surface area contributed by atoms with E-state index in [1.807, 2.05) is 29.6 Å². The highest BCUT2D eigenvalue weighted by Crippen LogP contribution is 2.24. The lowest BCUT2D eigenvalue weighted by Crippen LogP contribution is -1.81. The molecule has 0 saturated heterocycles. The van der Waals surface area contributed by atoms with Crippen LogP contribution in [0.25, 0.3) is 11.3 Å². The number of aromatic nitrogens is 1. The highest BCUT2D eigenvalue weighted by molar-refractivity contribution is 9.10. The van der Waals surface area contributed by atoms with Crippen LogP contribution in [-0.4, -0.2) is 4.98 Å². The number of nitriles is 1. The molecule has 2 nitrogen and oxygen atoms in total. The number of thiazole rings is 1. The number of rotatable bonds is 2. The highest BCUT2D eigenvalue weighted by Gasteiger charge is 2.04. The first-order valence-electron chi connectivity index (χ1n) is 4.37. The van der Waals surface area contributed by atoms with Gasteiger partial charge in [0.05, 0.1) is 18.2 Å².